The van der Waals surface area contributed by atoms with Crippen LogP contribution < -0.4 is 14.8 Å². The van der Waals surface area contributed by atoms with E-state index in [4.69, 9.17) is 21.1 Å². The highest BCUT2D eigenvalue weighted by molar-refractivity contribution is 6.30. The summed E-state index contributed by atoms with van der Waals surface area (Å²) in [4.78, 5) is 14.0. The number of carbonyl (C=O) groups excluding carboxylic acids is 1. The third-order valence-electron chi connectivity index (χ3n) is 3.84. The van der Waals surface area contributed by atoms with E-state index in [1.54, 1.807) is 43.3 Å². The number of anilines is 1. The molecule has 0 unspecified atom stereocenters. The van der Waals surface area contributed by atoms with Crippen molar-refractivity contribution in [3.8, 4) is 17.2 Å². The number of hydrogen-bond donors (Lipinski definition) is 1. The predicted molar refractivity (Wildman–Crippen MR) is 96.5 cm³/mol. The molecule has 0 radical (unpaired) electrons. The zero-order chi connectivity index (χ0) is 18.1. The van der Waals surface area contributed by atoms with Crippen LogP contribution in [-0.2, 0) is 0 Å². The lowest BCUT2D eigenvalue weighted by molar-refractivity contribution is 0.102. The molecule has 1 amide bonds. The van der Waals surface area contributed by atoms with E-state index >= 15 is 0 Å². The number of ether oxygens (including phenoxy) is 2. The first kappa shape index (κ1) is 16.4. The Bertz CT molecular complexity index is 986. The fourth-order valence-corrected chi connectivity index (χ4v) is 2.80. The molecule has 8 heteroatoms. The normalized spacial score (nSPS) is 12.7. The number of fused-ring (bicyclic) bond motifs is 1. The number of aromatic nitrogens is 3. The molecule has 2 heterocycles. The summed E-state index contributed by atoms with van der Waals surface area (Å²) >= 11 is 6.00. The number of hydrogen-bond acceptors (Lipinski definition) is 5. The maximum absolute atomic E-state index is 12.6. The molecule has 0 aliphatic carbocycles. The Balaban J connectivity index is 1.57. The second-order valence-electron chi connectivity index (χ2n) is 5.72. The summed E-state index contributed by atoms with van der Waals surface area (Å²) in [5.41, 5.74) is 2.02. The fourth-order valence-electron chi connectivity index (χ4n) is 2.62. The topological polar surface area (TPSA) is 78.3 Å². The maximum Gasteiger partial charge on any atom is 0.278 e. The molecular weight excluding hydrogens is 356 g/mol. The van der Waals surface area contributed by atoms with Gasteiger partial charge in [-0.3, -0.25) is 4.79 Å². The van der Waals surface area contributed by atoms with Gasteiger partial charge in [-0.2, -0.15) is 9.90 Å². The van der Waals surface area contributed by atoms with Crippen molar-refractivity contribution >= 4 is 23.2 Å². The second-order valence-corrected chi connectivity index (χ2v) is 6.15. The Kier molecular flexibility index (Phi) is 4.22. The van der Waals surface area contributed by atoms with Crippen molar-refractivity contribution in [2.75, 3.05) is 18.5 Å². The van der Waals surface area contributed by atoms with Crippen LogP contribution in [0.4, 0.5) is 5.69 Å². The molecule has 132 valence electrons. The molecule has 1 aliphatic heterocycles. The maximum atomic E-state index is 12.6. The lowest BCUT2D eigenvalue weighted by Gasteiger charge is -2.18. The highest BCUT2D eigenvalue weighted by atomic mass is 35.5. The van der Waals surface area contributed by atoms with Gasteiger partial charge in [-0.25, -0.2) is 0 Å². The van der Waals surface area contributed by atoms with Gasteiger partial charge >= 0.3 is 0 Å². The van der Waals surface area contributed by atoms with Gasteiger partial charge in [0.15, 0.2) is 17.2 Å². The number of rotatable bonds is 3. The number of nitrogens with zero attached hydrogens (tertiary/aromatic N) is 3. The number of aryl methyl sites for hydroxylation is 1. The van der Waals surface area contributed by atoms with E-state index in [1.807, 2.05) is 6.07 Å². The van der Waals surface area contributed by atoms with Crippen LogP contribution in [-0.4, -0.2) is 34.1 Å². The minimum Gasteiger partial charge on any atom is -0.486 e. The molecular formula is C18H15ClN4O3. The number of nitrogens with one attached hydrogen (secondary N) is 1. The van der Waals surface area contributed by atoms with Gasteiger partial charge < -0.3 is 14.8 Å². The minimum atomic E-state index is -0.354. The van der Waals surface area contributed by atoms with Crippen molar-refractivity contribution < 1.29 is 14.3 Å². The molecule has 1 aromatic heterocycles. The zero-order valence-electron chi connectivity index (χ0n) is 13.9. The van der Waals surface area contributed by atoms with Crippen LogP contribution in [0.3, 0.4) is 0 Å². The summed E-state index contributed by atoms with van der Waals surface area (Å²) in [7, 11) is 0. The van der Waals surface area contributed by atoms with Crippen LogP contribution in [0.2, 0.25) is 5.02 Å². The van der Waals surface area contributed by atoms with E-state index in [-0.39, 0.29) is 11.6 Å². The molecule has 7 nitrogen and oxygen atoms in total. The number of carbonyl (C=O) groups is 1. The van der Waals surface area contributed by atoms with Gasteiger partial charge in [0.1, 0.15) is 13.2 Å². The van der Waals surface area contributed by atoms with Crippen molar-refractivity contribution in [2.45, 2.75) is 6.92 Å². The van der Waals surface area contributed by atoms with Crippen LogP contribution >= 0.6 is 11.6 Å². The van der Waals surface area contributed by atoms with Gasteiger partial charge in [0, 0.05) is 16.8 Å². The van der Waals surface area contributed by atoms with Gasteiger partial charge in [0.25, 0.3) is 5.91 Å². The molecule has 3 aromatic rings. The van der Waals surface area contributed by atoms with Crippen molar-refractivity contribution in [1.29, 1.82) is 0 Å². The van der Waals surface area contributed by atoms with Crippen molar-refractivity contribution in [3.63, 3.8) is 0 Å². The third-order valence-corrected chi connectivity index (χ3v) is 4.07. The SMILES string of the molecule is Cc1nn(-c2cccc(Cl)c2)nc1C(=O)Nc1ccc2c(c1)OCCO2. The molecule has 2 aromatic carbocycles. The standard InChI is InChI=1S/C18H15ClN4O3/c1-11-17(22-23(21-11)14-4-2-3-12(19)9-14)18(24)20-13-5-6-15-16(10-13)26-8-7-25-15/h2-6,9-10H,7-8H2,1H3,(H,20,24). The third kappa shape index (κ3) is 3.21. The summed E-state index contributed by atoms with van der Waals surface area (Å²) in [5.74, 6) is 0.915. The van der Waals surface area contributed by atoms with Crippen LogP contribution in [0.15, 0.2) is 42.5 Å². The van der Waals surface area contributed by atoms with Gasteiger partial charge in [0.05, 0.1) is 11.4 Å². The average molecular weight is 371 g/mol. The molecule has 0 spiro atoms. The van der Waals surface area contributed by atoms with Crippen molar-refractivity contribution in [1.82, 2.24) is 15.0 Å². The second kappa shape index (κ2) is 6.68. The molecule has 0 bridgehead atoms. The lowest BCUT2D eigenvalue weighted by atomic mass is 10.2. The van der Waals surface area contributed by atoms with Crippen molar-refractivity contribution in [3.05, 3.63) is 58.9 Å². The van der Waals surface area contributed by atoms with E-state index < -0.39 is 0 Å². The minimum absolute atomic E-state index is 0.236. The summed E-state index contributed by atoms with van der Waals surface area (Å²) in [6.07, 6.45) is 0. The summed E-state index contributed by atoms with van der Waals surface area (Å²) in [6.45, 7) is 2.73. The van der Waals surface area contributed by atoms with Crippen LogP contribution in [0.1, 0.15) is 16.2 Å². The van der Waals surface area contributed by atoms with Gasteiger partial charge in [-0.1, -0.05) is 17.7 Å². The van der Waals surface area contributed by atoms with Crippen LogP contribution in [0.25, 0.3) is 5.69 Å². The van der Waals surface area contributed by atoms with E-state index in [1.165, 1.54) is 4.80 Å². The molecule has 4 rings (SSSR count). The Morgan fingerprint density at radius 1 is 1.12 bits per heavy atom. The Labute approximate surface area is 154 Å². The summed E-state index contributed by atoms with van der Waals surface area (Å²) < 4.78 is 11.0. The molecule has 0 fully saturated rings. The Hall–Kier alpha value is -3.06. The zero-order valence-corrected chi connectivity index (χ0v) is 14.7. The molecule has 26 heavy (non-hydrogen) atoms. The molecule has 0 saturated carbocycles. The first-order valence-electron chi connectivity index (χ1n) is 8.01. The van der Waals surface area contributed by atoms with Gasteiger partial charge in [-0.15, -0.1) is 5.10 Å². The predicted octanol–water partition coefficient (Wildman–Crippen LogP) is 3.25. The van der Waals surface area contributed by atoms with E-state index in [0.29, 0.717) is 46.8 Å². The first-order chi connectivity index (χ1) is 12.6. The van der Waals surface area contributed by atoms with Crippen LogP contribution in [0.5, 0.6) is 11.5 Å². The molecule has 1 N–H and O–H groups in total. The lowest BCUT2D eigenvalue weighted by Crippen LogP contribution is -2.17. The number of benzene rings is 2. The number of amides is 1. The summed E-state index contributed by atoms with van der Waals surface area (Å²) in [6, 6.07) is 12.3. The number of halogens is 1. The Morgan fingerprint density at radius 3 is 2.73 bits per heavy atom. The van der Waals surface area contributed by atoms with E-state index in [9.17, 15) is 4.79 Å². The summed E-state index contributed by atoms with van der Waals surface area (Å²) in [5, 5.41) is 12.0. The highest BCUT2D eigenvalue weighted by Crippen LogP contribution is 2.32. The Morgan fingerprint density at radius 2 is 1.92 bits per heavy atom. The molecule has 1 aliphatic rings. The van der Waals surface area contributed by atoms with E-state index in [0.717, 1.165) is 0 Å². The fraction of sp³-hybridized carbons (Fsp3) is 0.167. The smallest absolute Gasteiger partial charge is 0.278 e. The van der Waals surface area contributed by atoms with Gasteiger partial charge in [-0.05, 0) is 37.3 Å². The largest absolute Gasteiger partial charge is 0.486 e. The van der Waals surface area contributed by atoms with Crippen LogP contribution in [0, 0.1) is 6.92 Å². The first-order valence-corrected chi connectivity index (χ1v) is 8.39. The molecule has 0 saturated heterocycles. The van der Waals surface area contributed by atoms with Gasteiger partial charge in [0.2, 0.25) is 0 Å². The monoisotopic (exact) mass is 370 g/mol. The van der Waals surface area contributed by atoms with E-state index in [2.05, 4.69) is 15.5 Å². The average Bonchev–Trinajstić information content (AvgIpc) is 3.03. The quantitative estimate of drug-likeness (QED) is 0.765. The van der Waals surface area contributed by atoms with Crippen molar-refractivity contribution in [2.24, 2.45) is 0 Å². The highest BCUT2D eigenvalue weighted by Gasteiger charge is 2.18. The molecule has 0 atom stereocenters.